The summed E-state index contributed by atoms with van der Waals surface area (Å²) in [6, 6.07) is 10.1. The van der Waals surface area contributed by atoms with Crippen LogP contribution in [0.25, 0.3) is 0 Å². The number of thiocarbonyl (C=S) groups is 1. The minimum absolute atomic E-state index is 0.0548. The van der Waals surface area contributed by atoms with Crippen molar-refractivity contribution in [3.05, 3.63) is 35.9 Å². The number of nitrogens with one attached hydrogen (secondary N) is 1. The first kappa shape index (κ1) is 15.7. The monoisotopic (exact) mass is 332 g/mol. The summed E-state index contributed by atoms with van der Waals surface area (Å²) in [5.74, 6) is 0.867. The summed E-state index contributed by atoms with van der Waals surface area (Å²) in [4.78, 5) is 6.35. The lowest BCUT2D eigenvalue weighted by Gasteiger charge is -2.25. The molecule has 1 aromatic carbocycles. The molecule has 1 saturated heterocycles. The molecule has 0 saturated carbocycles. The van der Waals surface area contributed by atoms with Crippen molar-refractivity contribution >= 4 is 29.2 Å². The number of nitrogens with two attached hydrogens (primary N) is 1. The third-order valence-corrected chi connectivity index (χ3v) is 4.04. The number of benzene rings is 1. The van der Waals surface area contributed by atoms with Crippen LogP contribution in [0.15, 0.2) is 30.3 Å². The summed E-state index contributed by atoms with van der Waals surface area (Å²) in [5.41, 5.74) is 7.11. The average Bonchev–Trinajstić information content (AvgIpc) is 2.98. The Labute approximate surface area is 140 Å². The Bertz CT molecular complexity index is 668. The minimum atomic E-state index is 0.0548. The molecule has 3 rings (SSSR count). The zero-order valence-electron chi connectivity index (χ0n) is 13.0. The highest BCUT2D eigenvalue weighted by Crippen LogP contribution is 2.15. The van der Waals surface area contributed by atoms with Crippen LogP contribution in [0.4, 0.5) is 11.9 Å². The maximum absolute atomic E-state index is 5.97. The highest BCUT2D eigenvalue weighted by Gasteiger charge is 2.19. The standard InChI is InChI=1S/C15H20N6OS/c1-11(12-5-3-2-4-6-12)17-15(23)21-13(16)18-14(19-21)20-7-9-22-10-8-20/h2-6,11H,7-10H2,1H3,(H,17,23)(H2,16,18,19). The number of aromatic nitrogens is 3. The number of ether oxygens (including phenoxy) is 1. The molecule has 0 radical (unpaired) electrons. The second-order valence-corrected chi connectivity index (χ2v) is 5.75. The molecule has 1 aliphatic rings. The van der Waals surface area contributed by atoms with Crippen LogP contribution in [-0.4, -0.2) is 46.2 Å². The van der Waals surface area contributed by atoms with Gasteiger partial charge in [-0.15, -0.1) is 5.10 Å². The summed E-state index contributed by atoms with van der Waals surface area (Å²) in [6.07, 6.45) is 0. The molecule has 1 aliphatic heterocycles. The first-order chi connectivity index (χ1) is 11.1. The predicted molar refractivity (Wildman–Crippen MR) is 93.5 cm³/mol. The molecule has 0 spiro atoms. The van der Waals surface area contributed by atoms with Gasteiger partial charge in [0, 0.05) is 13.1 Å². The summed E-state index contributed by atoms with van der Waals surface area (Å²) >= 11 is 5.43. The van der Waals surface area contributed by atoms with Crippen molar-refractivity contribution in [1.82, 2.24) is 20.1 Å². The normalized spacial score (nSPS) is 16.1. The Balaban J connectivity index is 1.71. The number of hydrogen-bond donors (Lipinski definition) is 2. The van der Waals surface area contributed by atoms with Crippen LogP contribution in [0.1, 0.15) is 18.5 Å². The van der Waals surface area contributed by atoms with Crippen LogP contribution in [-0.2, 0) is 4.74 Å². The van der Waals surface area contributed by atoms with Crippen LogP contribution in [0.2, 0.25) is 0 Å². The molecule has 0 bridgehead atoms. The van der Waals surface area contributed by atoms with Crippen molar-refractivity contribution in [2.75, 3.05) is 36.9 Å². The van der Waals surface area contributed by atoms with Gasteiger partial charge in [-0.3, -0.25) is 0 Å². The van der Waals surface area contributed by atoms with Crippen molar-refractivity contribution in [2.45, 2.75) is 13.0 Å². The summed E-state index contributed by atoms with van der Waals surface area (Å²) in [5, 5.41) is 8.10. The van der Waals surface area contributed by atoms with Gasteiger partial charge in [0.1, 0.15) is 0 Å². The SMILES string of the molecule is CC(NC(=S)n1nc(N2CCOCC2)nc1N)c1ccccc1. The van der Waals surface area contributed by atoms with Gasteiger partial charge in [0.05, 0.1) is 19.3 Å². The smallest absolute Gasteiger partial charge is 0.247 e. The first-order valence-electron chi connectivity index (χ1n) is 7.56. The summed E-state index contributed by atoms with van der Waals surface area (Å²) < 4.78 is 6.81. The van der Waals surface area contributed by atoms with Crippen LogP contribution in [0, 0.1) is 0 Å². The molecular weight excluding hydrogens is 312 g/mol. The molecule has 7 nitrogen and oxygen atoms in total. The number of hydrogen-bond acceptors (Lipinski definition) is 6. The Hall–Kier alpha value is -2.19. The Morgan fingerprint density at radius 3 is 2.70 bits per heavy atom. The zero-order chi connectivity index (χ0) is 16.2. The summed E-state index contributed by atoms with van der Waals surface area (Å²) in [7, 11) is 0. The lowest BCUT2D eigenvalue weighted by atomic mass is 10.1. The predicted octanol–water partition coefficient (Wildman–Crippen LogP) is 1.18. The molecule has 1 aromatic heterocycles. The molecule has 1 fully saturated rings. The topological polar surface area (TPSA) is 81.2 Å². The second-order valence-electron chi connectivity index (χ2n) is 5.36. The van der Waals surface area contributed by atoms with Crippen molar-refractivity contribution in [3.8, 4) is 0 Å². The van der Waals surface area contributed by atoms with E-state index < -0.39 is 0 Å². The van der Waals surface area contributed by atoms with Gasteiger partial charge in [-0.05, 0) is 24.7 Å². The quantitative estimate of drug-likeness (QED) is 0.817. The van der Waals surface area contributed by atoms with E-state index in [1.165, 1.54) is 4.68 Å². The fraction of sp³-hybridized carbons (Fsp3) is 0.400. The average molecular weight is 332 g/mol. The maximum Gasteiger partial charge on any atom is 0.247 e. The second kappa shape index (κ2) is 6.93. The van der Waals surface area contributed by atoms with Crippen LogP contribution in [0.5, 0.6) is 0 Å². The minimum Gasteiger partial charge on any atom is -0.378 e. The van der Waals surface area contributed by atoms with E-state index in [0.29, 0.717) is 24.3 Å². The highest BCUT2D eigenvalue weighted by molar-refractivity contribution is 7.80. The van der Waals surface area contributed by atoms with Gasteiger partial charge >= 0.3 is 0 Å². The number of morpholine rings is 1. The van der Waals surface area contributed by atoms with Gasteiger partial charge < -0.3 is 20.7 Å². The first-order valence-corrected chi connectivity index (χ1v) is 7.97. The molecule has 0 amide bonds. The Morgan fingerprint density at radius 2 is 2.00 bits per heavy atom. The van der Waals surface area contributed by atoms with Gasteiger partial charge in [-0.2, -0.15) is 9.67 Å². The fourth-order valence-electron chi connectivity index (χ4n) is 2.43. The van der Waals surface area contributed by atoms with E-state index in [2.05, 4.69) is 15.4 Å². The van der Waals surface area contributed by atoms with Crippen LogP contribution >= 0.6 is 12.2 Å². The molecular formula is C15H20N6OS. The number of rotatable bonds is 3. The largest absolute Gasteiger partial charge is 0.378 e. The van der Waals surface area contributed by atoms with E-state index in [-0.39, 0.29) is 12.0 Å². The molecule has 2 aromatic rings. The van der Waals surface area contributed by atoms with Crippen molar-refractivity contribution in [1.29, 1.82) is 0 Å². The molecule has 1 atom stereocenters. The van der Waals surface area contributed by atoms with E-state index in [1.807, 2.05) is 42.2 Å². The third-order valence-electron chi connectivity index (χ3n) is 3.75. The molecule has 1 unspecified atom stereocenters. The van der Waals surface area contributed by atoms with E-state index in [0.717, 1.165) is 18.7 Å². The number of nitrogens with zero attached hydrogens (tertiary/aromatic N) is 4. The van der Waals surface area contributed by atoms with Crippen molar-refractivity contribution in [2.24, 2.45) is 0 Å². The lowest BCUT2D eigenvalue weighted by Crippen LogP contribution is -2.37. The molecule has 122 valence electrons. The summed E-state index contributed by atoms with van der Waals surface area (Å²) in [6.45, 7) is 4.89. The van der Waals surface area contributed by atoms with Crippen molar-refractivity contribution < 1.29 is 4.74 Å². The molecule has 0 aliphatic carbocycles. The Morgan fingerprint density at radius 1 is 1.30 bits per heavy atom. The van der Waals surface area contributed by atoms with Crippen LogP contribution < -0.4 is 16.0 Å². The van der Waals surface area contributed by atoms with E-state index in [1.54, 1.807) is 0 Å². The third kappa shape index (κ3) is 3.59. The van der Waals surface area contributed by atoms with E-state index >= 15 is 0 Å². The maximum atomic E-state index is 5.97. The van der Waals surface area contributed by atoms with Gasteiger partial charge in [-0.25, -0.2) is 0 Å². The highest BCUT2D eigenvalue weighted by atomic mass is 32.1. The zero-order valence-corrected chi connectivity index (χ0v) is 13.8. The van der Waals surface area contributed by atoms with E-state index in [9.17, 15) is 0 Å². The van der Waals surface area contributed by atoms with Gasteiger partial charge in [0.15, 0.2) is 5.11 Å². The van der Waals surface area contributed by atoms with Gasteiger partial charge in [0.25, 0.3) is 0 Å². The fourth-order valence-corrected chi connectivity index (χ4v) is 2.74. The lowest BCUT2D eigenvalue weighted by molar-refractivity contribution is 0.122. The Kier molecular flexibility index (Phi) is 4.73. The molecule has 23 heavy (non-hydrogen) atoms. The van der Waals surface area contributed by atoms with E-state index in [4.69, 9.17) is 22.7 Å². The van der Waals surface area contributed by atoms with Crippen LogP contribution in [0.3, 0.4) is 0 Å². The molecule has 2 heterocycles. The number of anilines is 2. The van der Waals surface area contributed by atoms with Gasteiger partial charge in [-0.1, -0.05) is 30.3 Å². The van der Waals surface area contributed by atoms with Gasteiger partial charge in [0.2, 0.25) is 11.9 Å². The van der Waals surface area contributed by atoms with Crippen molar-refractivity contribution in [3.63, 3.8) is 0 Å². The molecule has 3 N–H and O–H groups in total. The molecule has 8 heteroatoms. The number of nitrogen functional groups attached to an aromatic ring is 1.